The standard InChI is InChI=1S/C16H27FN4.HI/c1-16(2,3)20-15(18-4)19-10-7-11-21(5)14-9-6-8-13(17)12-14;/h6,8-9,12H,7,10-11H2,1-5H3,(H2,18,19,20);1H. The molecule has 0 radical (unpaired) electrons. The molecular formula is C16H28FIN4. The molecule has 0 aliphatic rings. The zero-order chi connectivity index (χ0) is 15.9. The van der Waals surface area contributed by atoms with Gasteiger partial charge in [-0.05, 0) is 45.4 Å². The van der Waals surface area contributed by atoms with Crippen LogP contribution >= 0.6 is 24.0 Å². The highest BCUT2D eigenvalue weighted by molar-refractivity contribution is 14.0. The molecule has 4 nitrogen and oxygen atoms in total. The van der Waals surface area contributed by atoms with Crippen molar-refractivity contribution < 1.29 is 4.39 Å². The average molecular weight is 422 g/mol. The molecule has 0 atom stereocenters. The normalized spacial score (nSPS) is 11.6. The lowest BCUT2D eigenvalue weighted by molar-refractivity contribution is 0.501. The van der Waals surface area contributed by atoms with Gasteiger partial charge in [0.2, 0.25) is 0 Å². The van der Waals surface area contributed by atoms with Crippen LogP contribution in [-0.2, 0) is 0 Å². The monoisotopic (exact) mass is 422 g/mol. The minimum Gasteiger partial charge on any atom is -0.374 e. The van der Waals surface area contributed by atoms with Crippen LogP contribution in [0.1, 0.15) is 27.2 Å². The Bertz CT molecular complexity index is 471. The van der Waals surface area contributed by atoms with Crippen LogP contribution < -0.4 is 15.5 Å². The topological polar surface area (TPSA) is 39.7 Å². The molecule has 2 N–H and O–H groups in total. The van der Waals surface area contributed by atoms with Crippen molar-refractivity contribution in [1.82, 2.24) is 10.6 Å². The number of nitrogens with zero attached hydrogens (tertiary/aromatic N) is 2. The van der Waals surface area contributed by atoms with Crippen LogP contribution in [0.3, 0.4) is 0 Å². The summed E-state index contributed by atoms with van der Waals surface area (Å²) < 4.78 is 13.2. The molecule has 0 fully saturated rings. The molecule has 0 aliphatic heterocycles. The van der Waals surface area contributed by atoms with Gasteiger partial charge in [-0.2, -0.15) is 0 Å². The summed E-state index contributed by atoms with van der Waals surface area (Å²) in [4.78, 5) is 6.24. The molecule has 0 saturated carbocycles. The average Bonchev–Trinajstić information content (AvgIpc) is 2.40. The van der Waals surface area contributed by atoms with Crippen molar-refractivity contribution >= 4 is 35.6 Å². The summed E-state index contributed by atoms with van der Waals surface area (Å²) in [6.07, 6.45) is 0.942. The Balaban J connectivity index is 0.00000441. The van der Waals surface area contributed by atoms with Crippen molar-refractivity contribution in [3.63, 3.8) is 0 Å². The van der Waals surface area contributed by atoms with E-state index in [2.05, 4.69) is 36.4 Å². The fourth-order valence-electron chi connectivity index (χ4n) is 1.90. The Morgan fingerprint density at radius 3 is 2.55 bits per heavy atom. The summed E-state index contributed by atoms with van der Waals surface area (Å²) >= 11 is 0. The molecule has 0 aliphatic carbocycles. The maximum Gasteiger partial charge on any atom is 0.191 e. The molecule has 126 valence electrons. The van der Waals surface area contributed by atoms with E-state index in [9.17, 15) is 4.39 Å². The van der Waals surface area contributed by atoms with Gasteiger partial charge in [0.25, 0.3) is 0 Å². The van der Waals surface area contributed by atoms with Gasteiger partial charge in [0, 0.05) is 38.4 Å². The zero-order valence-electron chi connectivity index (χ0n) is 14.1. The van der Waals surface area contributed by atoms with Gasteiger partial charge in [0.05, 0.1) is 0 Å². The number of hydrogen-bond acceptors (Lipinski definition) is 2. The van der Waals surface area contributed by atoms with Crippen LogP contribution in [0.5, 0.6) is 0 Å². The molecule has 0 bridgehead atoms. The van der Waals surface area contributed by atoms with Gasteiger partial charge < -0.3 is 15.5 Å². The molecule has 0 unspecified atom stereocenters. The van der Waals surface area contributed by atoms with Crippen LogP contribution in [0.15, 0.2) is 29.3 Å². The Morgan fingerprint density at radius 2 is 2.00 bits per heavy atom. The van der Waals surface area contributed by atoms with Gasteiger partial charge in [-0.3, -0.25) is 4.99 Å². The second-order valence-corrected chi connectivity index (χ2v) is 6.13. The van der Waals surface area contributed by atoms with Crippen molar-refractivity contribution in [2.24, 2.45) is 4.99 Å². The molecule has 1 aromatic carbocycles. The second-order valence-electron chi connectivity index (χ2n) is 6.13. The molecule has 0 spiro atoms. The van der Waals surface area contributed by atoms with E-state index in [1.165, 1.54) is 6.07 Å². The van der Waals surface area contributed by atoms with Crippen molar-refractivity contribution in [2.45, 2.75) is 32.7 Å². The van der Waals surface area contributed by atoms with Crippen LogP contribution in [0.25, 0.3) is 0 Å². The summed E-state index contributed by atoms with van der Waals surface area (Å²) in [6, 6.07) is 6.65. The highest BCUT2D eigenvalue weighted by Gasteiger charge is 2.11. The molecule has 0 saturated heterocycles. The Kier molecular flexibility index (Phi) is 9.39. The number of anilines is 1. The van der Waals surface area contributed by atoms with Crippen LogP contribution in [0.2, 0.25) is 0 Å². The molecule has 1 rings (SSSR count). The molecule has 0 aromatic heterocycles. The predicted molar refractivity (Wildman–Crippen MR) is 104 cm³/mol. The van der Waals surface area contributed by atoms with Gasteiger partial charge in [-0.15, -0.1) is 24.0 Å². The smallest absolute Gasteiger partial charge is 0.191 e. The van der Waals surface area contributed by atoms with E-state index in [0.29, 0.717) is 0 Å². The largest absolute Gasteiger partial charge is 0.374 e. The number of hydrogen-bond donors (Lipinski definition) is 2. The first-order valence-electron chi connectivity index (χ1n) is 7.27. The first-order valence-corrected chi connectivity index (χ1v) is 7.27. The maximum absolute atomic E-state index is 13.2. The fourth-order valence-corrected chi connectivity index (χ4v) is 1.90. The zero-order valence-corrected chi connectivity index (χ0v) is 16.4. The van der Waals surface area contributed by atoms with Gasteiger partial charge in [-0.25, -0.2) is 4.39 Å². The van der Waals surface area contributed by atoms with Crippen molar-refractivity contribution in [3.05, 3.63) is 30.1 Å². The Morgan fingerprint density at radius 1 is 1.32 bits per heavy atom. The third-order valence-electron chi connectivity index (χ3n) is 2.93. The maximum atomic E-state index is 13.2. The van der Waals surface area contributed by atoms with E-state index >= 15 is 0 Å². The third-order valence-corrected chi connectivity index (χ3v) is 2.93. The van der Waals surface area contributed by atoms with Crippen molar-refractivity contribution in [2.75, 3.05) is 32.1 Å². The number of rotatable bonds is 5. The van der Waals surface area contributed by atoms with Crippen LogP contribution in [-0.4, -0.2) is 38.7 Å². The summed E-state index contributed by atoms with van der Waals surface area (Å²) in [5.74, 6) is 0.600. The lowest BCUT2D eigenvalue weighted by Gasteiger charge is -2.24. The molecule has 0 amide bonds. The van der Waals surface area contributed by atoms with E-state index in [1.54, 1.807) is 19.2 Å². The Labute approximate surface area is 150 Å². The first-order chi connectivity index (χ1) is 9.81. The van der Waals surface area contributed by atoms with Gasteiger partial charge >= 0.3 is 0 Å². The van der Waals surface area contributed by atoms with Crippen LogP contribution in [0.4, 0.5) is 10.1 Å². The summed E-state index contributed by atoms with van der Waals surface area (Å²) in [5, 5.41) is 6.59. The van der Waals surface area contributed by atoms with E-state index in [4.69, 9.17) is 0 Å². The number of guanidine groups is 1. The minimum absolute atomic E-state index is 0. The van der Waals surface area contributed by atoms with E-state index in [0.717, 1.165) is 31.2 Å². The fraction of sp³-hybridized carbons (Fsp3) is 0.562. The number of nitrogens with one attached hydrogen (secondary N) is 2. The van der Waals surface area contributed by atoms with Crippen molar-refractivity contribution in [1.29, 1.82) is 0 Å². The van der Waals surface area contributed by atoms with Gasteiger partial charge in [-0.1, -0.05) is 6.07 Å². The first kappa shape index (κ1) is 20.9. The van der Waals surface area contributed by atoms with Crippen molar-refractivity contribution in [3.8, 4) is 0 Å². The molecular weight excluding hydrogens is 394 g/mol. The second kappa shape index (κ2) is 9.86. The predicted octanol–water partition coefficient (Wildman–Crippen LogP) is 3.23. The quantitative estimate of drug-likeness (QED) is 0.331. The van der Waals surface area contributed by atoms with E-state index < -0.39 is 0 Å². The number of benzene rings is 1. The SMILES string of the molecule is CN=C(NCCCN(C)c1cccc(F)c1)NC(C)(C)C.I. The van der Waals surface area contributed by atoms with Gasteiger partial charge in [0.15, 0.2) is 5.96 Å². The lowest BCUT2D eigenvalue weighted by atomic mass is 10.1. The van der Waals surface area contributed by atoms with E-state index in [-0.39, 0.29) is 35.3 Å². The van der Waals surface area contributed by atoms with Gasteiger partial charge in [0.1, 0.15) is 5.82 Å². The number of halogens is 2. The lowest BCUT2D eigenvalue weighted by Crippen LogP contribution is -2.48. The Hall–Kier alpha value is -1.05. The minimum atomic E-state index is -0.202. The highest BCUT2D eigenvalue weighted by atomic mass is 127. The summed E-state index contributed by atoms with van der Waals surface area (Å²) in [7, 11) is 3.73. The summed E-state index contributed by atoms with van der Waals surface area (Å²) in [5.41, 5.74) is 0.882. The molecule has 1 aromatic rings. The molecule has 22 heavy (non-hydrogen) atoms. The third kappa shape index (κ3) is 8.41. The molecule has 0 heterocycles. The van der Waals surface area contributed by atoms with E-state index in [1.807, 2.05) is 18.0 Å². The summed E-state index contributed by atoms with van der Waals surface area (Å²) in [6.45, 7) is 7.95. The highest BCUT2D eigenvalue weighted by Crippen LogP contribution is 2.13. The number of aliphatic imine (C=N–C) groups is 1. The van der Waals surface area contributed by atoms with Crippen LogP contribution in [0, 0.1) is 5.82 Å². The molecule has 6 heteroatoms.